The summed E-state index contributed by atoms with van der Waals surface area (Å²) in [5.41, 5.74) is 0. The summed E-state index contributed by atoms with van der Waals surface area (Å²) in [6.45, 7) is 3.13. The largest absolute Gasteiger partial charge is 0.345 e. The lowest BCUT2D eigenvalue weighted by Crippen LogP contribution is -2.48. The summed E-state index contributed by atoms with van der Waals surface area (Å²) in [6, 6.07) is -0.371. The van der Waals surface area contributed by atoms with E-state index in [1.807, 2.05) is 0 Å². The van der Waals surface area contributed by atoms with Gasteiger partial charge in [-0.25, -0.2) is 24.5 Å². The van der Waals surface area contributed by atoms with Gasteiger partial charge in [-0.15, -0.1) is 23.2 Å². The standard InChI is InChI=1S/C11H23Cl2N4O4P/c1-3-17(11(18)14-2)21-10-4-9-20-22(19,15-10)16(7-5-12)8-6-13/h10H,3-9H2,1-2H3,(H,14,18)(H,15,19). The Kier molecular flexibility index (Phi) is 9.01. The summed E-state index contributed by atoms with van der Waals surface area (Å²) < 4.78 is 19.9. The maximum Gasteiger partial charge on any atom is 0.345 e. The number of alkyl halides is 2. The lowest BCUT2D eigenvalue weighted by Gasteiger charge is -2.37. The minimum absolute atomic E-state index is 0.251. The molecule has 0 saturated carbocycles. The van der Waals surface area contributed by atoms with Gasteiger partial charge in [0.1, 0.15) is 6.23 Å². The second-order valence-corrected chi connectivity index (χ2v) is 7.33. The first-order valence-electron chi connectivity index (χ1n) is 7.06. The second kappa shape index (κ2) is 9.93. The van der Waals surface area contributed by atoms with E-state index in [0.717, 1.165) is 0 Å². The van der Waals surface area contributed by atoms with Gasteiger partial charge in [-0.05, 0) is 6.92 Å². The number of halogens is 2. The Hall–Kier alpha value is -0.0800. The predicted octanol–water partition coefficient (Wildman–Crippen LogP) is 1.80. The molecule has 2 amide bonds. The van der Waals surface area contributed by atoms with E-state index >= 15 is 0 Å². The quantitative estimate of drug-likeness (QED) is 0.381. The molecule has 0 aromatic heterocycles. The molecule has 1 heterocycles. The summed E-state index contributed by atoms with van der Waals surface area (Å²) in [5, 5.41) is 6.49. The molecule has 0 aromatic rings. The minimum atomic E-state index is -3.29. The third-order valence-electron chi connectivity index (χ3n) is 2.99. The number of hydrogen-bond acceptors (Lipinski definition) is 4. The number of rotatable bonds is 8. The molecule has 11 heteroatoms. The number of carbonyl (C=O) groups is 1. The van der Waals surface area contributed by atoms with Crippen LogP contribution in [0.25, 0.3) is 0 Å². The van der Waals surface area contributed by atoms with Crippen molar-refractivity contribution in [1.82, 2.24) is 20.1 Å². The maximum atomic E-state index is 12.9. The number of nitrogens with one attached hydrogen (secondary N) is 2. The van der Waals surface area contributed by atoms with Crippen molar-refractivity contribution in [3.05, 3.63) is 0 Å². The molecule has 1 saturated heterocycles. The Morgan fingerprint density at radius 3 is 2.59 bits per heavy atom. The molecule has 0 aliphatic carbocycles. The Balaban J connectivity index is 2.73. The summed E-state index contributed by atoms with van der Waals surface area (Å²) in [4.78, 5) is 17.2. The second-order valence-electron chi connectivity index (χ2n) is 4.45. The van der Waals surface area contributed by atoms with Crippen LogP contribution in [0, 0.1) is 0 Å². The van der Waals surface area contributed by atoms with E-state index in [4.69, 9.17) is 32.6 Å². The molecule has 2 unspecified atom stereocenters. The normalized spacial score (nSPS) is 25.2. The third-order valence-corrected chi connectivity index (χ3v) is 5.62. The van der Waals surface area contributed by atoms with Crippen molar-refractivity contribution in [2.75, 3.05) is 45.0 Å². The number of carbonyl (C=O) groups excluding carboxylic acids is 1. The van der Waals surface area contributed by atoms with Gasteiger partial charge in [0.25, 0.3) is 0 Å². The van der Waals surface area contributed by atoms with Gasteiger partial charge in [0.2, 0.25) is 0 Å². The fourth-order valence-electron chi connectivity index (χ4n) is 1.92. The van der Waals surface area contributed by atoms with Crippen LogP contribution in [-0.4, -0.2) is 67.0 Å². The van der Waals surface area contributed by atoms with Gasteiger partial charge in [-0.1, -0.05) is 0 Å². The van der Waals surface area contributed by atoms with E-state index in [9.17, 15) is 9.36 Å². The molecule has 2 atom stereocenters. The first kappa shape index (κ1) is 20.0. The molecule has 0 bridgehead atoms. The van der Waals surface area contributed by atoms with Crippen molar-refractivity contribution in [2.24, 2.45) is 0 Å². The van der Waals surface area contributed by atoms with Gasteiger partial charge >= 0.3 is 13.7 Å². The molecule has 22 heavy (non-hydrogen) atoms. The highest BCUT2D eigenvalue weighted by Gasteiger charge is 2.38. The van der Waals surface area contributed by atoms with Crippen LogP contribution >= 0.6 is 30.9 Å². The van der Waals surface area contributed by atoms with E-state index in [1.54, 1.807) is 11.6 Å². The van der Waals surface area contributed by atoms with Crippen molar-refractivity contribution in [3.8, 4) is 0 Å². The summed E-state index contributed by atoms with van der Waals surface area (Å²) in [5.74, 6) is 0.605. The SMILES string of the molecule is CCN(OC1CCOP(=O)(N(CCCl)CCCl)N1)C(=O)NC. The van der Waals surface area contributed by atoms with Gasteiger partial charge in [0.15, 0.2) is 0 Å². The van der Waals surface area contributed by atoms with E-state index in [2.05, 4.69) is 10.4 Å². The fourth-order valence-corrected chi connectivity index (χ4v) is 4.59. The van der Waals surface area contributed by atoms with E-state index < -0.39 is 13.9 Å². The van der Waals surface area contributed by atoms with Crippen molar-refractivity contribution in [2.45, 2.75) is 19.6 Å². The van der Waals surface area contributed by atoms with Gasteiger partial charge in [-0.2, -0.15) is 0 Å². The van der Waals surface area contributed by atoms with Crippen LogP contribution in [0.3, 0.4) is 0 Å². The van der Waals surface area contributed by atoms with Crippen molar-refractivity contribution < 1.29 is 18.7 Å². The van der Waals surface area contributed by atoms with Gasteiger partial charge in [0, 0.05) is 44.9 Å². The van der Waals surface area contributed by atoms with E-state index in [0.29, 0.717) is 37.8 Å². The molecule has 2 N–H and O–H groups in total. The molecule has 1 rings (SSSR count). The molecule has 1 fully saturated rings. The molecule has 8 nitrogen and oxygen atoms in total. The number of urea groups is 1. The first-order chi connectivity index (χ1) is 10.5. The van der Waals surface area contributed by atoms with E-state index in [1.165, 1.54) is 12.1 Å². The topological polar surface area (TPSA) is 83.1 Å². The molecule has 0 aromatic carbocycles. The smallest absolute Gasteiger partial charge is 0.339 e. The molecule has 130 valence electrons. The van der Waals surface area contributed by atoms with Crippen molar-refractivity contribution >= 4 is 36.9 Å². The molecular formula is C11H23Cl2N4O4P. The zero-order chi connectivity index (χ0) is 16.6. The van der Waals surface area contributed by atoms with Gasteiger partial charge < -0.3 is 9.84 Å². The highest BCUT2D eigenvalue weighted by molar-refractivity contribution is 7.54. The van der Waals surface area contributed by atoms with Crippen molar-refractivity contribution in [1.29, 1.82) is 0 Å². The molecular weight excluding hydrogens is 354 g/mol. The van der Waals surface area contributed by atoms with Crippen LogP contribution in [-0.2, 0) is 13.9 Å². The fraction of sp³-hybridized carbons (Fsp3) is 0.909. The van der Waals surface area contributed by atoms with Crippen LogP contribution in [0.5, 0.6) is 0 Å². The highest BCUT2D eigenvalue weighted by atomic mass is 35.5. The molecule has 0 radical (unpaired) electrons. The predicted molar refractivity (Wildman–Crippen MR) is 86.0 cm³/mol. The summed E-state index contributed by atoms with van der Waals surface area (Å²) in [6.07, 6.45) is -0.127. The Labute approximate surface area is 140 Å². The molecule has 1 aliphatic rings. The Morgan fingerprint density at radius 1 is 1.45 bits per heavy atom. The van der Waals surface area contributed by atoms with Crippen LogP contribution in [0.1, 0.15) is 13.3 Å². The average Bonchev–Trinajstić information content (AvgIpc) is 2.51. The maximum absolute atomic E-state index is 12.9. The summed E-state index contributed by atoms with van der Waals surface area (Å²) >= 11 is 11.5. The zero-order valence-electron chi connectivity index (χ0n) is 12.8. The van der Waals surface area contributed by atoms with Crippen LogP contribution < -0.4 is 10.4 Å². The van der Waals surface area contributed by atoms with Gasteiger partial charge in [-0.3, -0.25) is 4.57 Å². The Bertz CT molecular complexity index is 398. The lowest BCUT2D eigenvalue weighted by molar-refractivity contribution is -0.170. The van der Waals surface area contributed by atoms with Crippen LogP contribution in [0.4, 0.5) is 4.79 Å². The Morgan fingerprint density at radius 2 is 2.09 bits per heavy atom. The van der Waals surface area contributed by atoms with Crippen molar-refractivity contribution in [3.63, 3.8) is 0 Å². The minimum Gasteiger partial charge on any atom is -0.339 e. The average molecular weight is 377 g/mol. The van der Waals surface area contributed by atoms with Crippen LogP contribution in [0.2, 0.25) is 0 Å². The van der Waals surface area contributed by atoms with Gasteiger partial charge in [0.05, 0.1) is 6.61 Å². The third kappa shape index (κ3) is 5.53. The first-order valence-corrected chi connectivity index (χ1v) is 9.71. The number of hydroxylamine groups is 2. The van der Waals surface area contributed by atoms with E-state index in [-0.39, 0.29) is 12.6 Å². The lowest BCUT2D eigenvalue weighted by atomic mass is 10.4. The number of hydrogen-bond donors (Lipinski definition) is 2. The monoisotopic (exact) mass is 376 g/mol. The molecule has 0 spiro atoms. The zero-order valence-corrected chi connectivity index (χ0v) is 15.2. The highest BCUT2D eigenvalue weighted by Crippen LogP contribution is 2.49. The molecule has 1 aliphatic heterocycles. The number of nitrogens with zero attached hydrogens (tertiary/aromatic N) is 2. The number of amides is 2. The van der Waals surface area contributed by atoms with Crippen LogP contribution in [0.15, 0.2) is 0 Å². The summed E-state index contributed by atoms with van der Waals surface area (Å²) in [7, 11) is -1.77.